The Kier molecular flexibility index (Phi) is 7.66. The second-order valence-electron chi connectivity index (χ2n) is 2.79. The van der Waals surface area contributed by atoms with E-state index in [4.69, 9.17) is 0 Å². The number of hydrogen-bond donors (Lipinski definition) is 0. The predicted octanol–water partition coefficient (Wildman–Crippen LogP) is 3.38. The maximum atomic E-state index is 4.23. The number of rotatable bonds is 6. The van der Waals surface area contributed by atoms with Crippen molar-refractivity contribution in [1.82, 2.24) is 0 Å². The Labute approximate surface area is 75.9 Å². The Balaban J connectivity index is 3.36. The zero-order valence-corrected chi connectivity index (χ0v) is 8.21. The highest BCUT2D eigenvalue weighted by Gasteiger charge is 1.85. The fourth-order valence-corrected chi connectivity index (χ4v) is 0.881. The molecule has 0 amide bonds. The van der Waals surface area contributed by atoms with Crippen LogP contribution in [0.1, 0.15) is 33.1 Å². The quantitative estimate of drug-likeness (QED) is 0.422. The second-order valence-corrected chi connectivity index (χ2v) is 2.79. The fraction of sp³-hybridized carbons (Fsp3) is 0.545. The second kappa shape index (κ2) is 8.25. The Morgan fingerprint density at radius 1 is 1.50 bits per heavy atom. The van der Waals surface area contributed by atoms with Crippen molar-refractivity contribution < 1.29 is 0 Å². The summed E-state index contributed by atoms with van der Waals surface area (Å²) >= 11 is 0. The molecule has 0 fully saturated rings. The Morgan fingerprint density at radius 3 is 2.83 bits per heavy atom. The first-order valence-electron chi connectivity index (χ1n) is 4.60. The summed E-state index contributed by atoms with van der Waals surface area (Å²) in [5.74, 6) is 0. The van der Waals surface area contributed by atoms with Crippen molar-refractivity contribution in [1.29, 1.82) is 0 Å². The summed E-state index contributed by atoms with van der Waals surface area (Å²) in [6.45, 7) is 9.01. The molecule has 0 N–H and O–H groups in total. The van der Waals surface area contributed by atoms with Crippen molar-refractivity contribution in [2.24, 2.45) is 4.99 Å². The van der Waals surface area contributed by atoms with E-state index in [0.29, 0.717) is 0 Å². The van der Waals surface area contributed by atoms with Gasteiger partial charge < -0.3 is 0 Å². The molecule has 0 saturated heterocycles. The highest BCUT2D eigenvalue weighted by atomic mass is 14.7. The molecule has 0 aromatic carbocycles. The molecule has 0 aliphatic rings. The van der Waals surface area contributed by atoms with Crippen LogP contribution in [0, 0.1) is 0 Å². The van der Waals surface area contributed by atoms with Crippen LogP contribution in [0.2, 0.25) is 0 Å². The molecule has 0 bridgehead atoms. The number of nitrogens with zero attached hydrogens (tertiary/aromatic N) is 1. The lowest BCUT2D eigenvalue weighted by Crippen LogP contribution is -1.81. The highest BCUT2D eigenvalue weighted by molar-refractivity contribution is 5.57. The van der Waals surface area contributed by atoms with Crippen LogP contribution in [-0.4, -0.2) is 12.8 Å². The van der Waals surface area contributed by atoms with E-state index in [1.165, 1.54) is 5.57 Å². The molecule has 0 aliphatic heterocycles. The molecular formula is C11H19N. The average molecular weight is 165 g/mol. The normalized spacial score (nSPS) is 11.5. The van der Waals surface area contributed by atoms with E-state index in [-0.39, 0.29) is 0 Å². The summed E-state index contributed by atoms with van der Waals surface area (Å²) in [6, 6.07) is 0. The average Bonchev–Trinajstić information content (AvgIpc) is 2.05. The minimum absolute atomic E-state index is 0.954. The van der Waals surface area contributed by atoms with Gasteiger partial charge in [0.25, 0.3) is 0 Å². The first-order valence-corrected chi connectivity index (χ1v) is 4.60. The molecule has 0 spiro atoms. The maximum Gasteiger partial charge on any atom is 0.0382 e. The van der Waals surface area contributed by atoms with Gasteiger partial charge in [-0.3, -0.25) is 4.99 Å². The van der Waals surface area contributed by atoms with Crippen LogP contribution in [0.25, 0.3) is 0 Å². The standard InChI is InChI=1S/C11H19N/c1-4-7-11(3)8-6-10-12-9-5-2/h4,7,10H,3,5-6,8-9H2,1-2H3/b7-4-,12-10?. The van der Waals surface area contributed by atoms with E-state index in [1.54, 1.807) is 0 Å². The Bertz CT molecular complexity index is 166. The van der Waals surface area contributed by atoms with Gasteiger partial charge in [-0.05, 0) is 32.4 Å². The maximum absolute atomic E-state index is 4.23. The zero-order chi connectivity index (χ0) is 9.23. The van der Waals surface area contributed by atoms with Crippen LogP contribution in [0.15, 0.2) is 29.3 Å². The van der Waals surface area contributed by atoms with E-state index in [0.717, 1.165) is 25.8 Å². The molecule has 0 unspecified atom stereocenters. The van der Waals surface area contributed by atoms with Gasteiger partial charge in [0.15, 0.2) is 0 Å². The van der Waals surface area contributed by atoms with Gasteiger partial charge in [-0.1, -0.05) is 31.2 Å². The van der Waals surface area contributed by atoms with E-state index in [9.17, 15) is 0 Å². The van der Waals surface area contributed by atoms with E-state index < -0.39 is 0 Å². The molecule has 68 valence electrons. The SMILES string of the molecule is C=C(/C=C\C)CCC=NCCC. The Morgan fingerprint density at radius 2 is 2.25 bits per heavy atom. The van der Waals surface area contributed by atoms with Gasteiger partial charge in [-0.25, -0.2) is 0 Å². The van der Waals surface area contributed by atoms with Crippen LogP contribution in [0.5, 0.6) is 0 Å². The molecule has 0 aromatic rings. The molecule has 0 heterocycles. The molecule has 0 radical (unpaired) electrons. The lowest BCUT2D eigenvalue weighted by atomic mass is 10.1. The predicted molar refractivity (Wildman–Crippen MR) is 56.8 cm³/mol. The molecular weight excluding hydrogens is 146 g/mol. The first kappa shape index (κ1) is 11.2. The van der Waals surface area contributed by atoms with Gasteiger partial charge >= 0.3 is 0 Å². The lowest BCUT2D eigenvalue weighted by Gasteiger charge is -1.94. The smallest absolute Gasteiger partial charge is 0.0382 e. The molecule has 0 rings (SSSR count). The molecule has 1 nitrogen and oxygen atoms in total. The Hall–Kier alpha value is -0.850. The van der Waals surface area contributed by atoms with Crippen LogP contribution in [0.4, 0.5) is 0 Å². The first-order chi connectivity index (χ1) is 5.81. The molecule has 0 saturated carbocycles. The van der Waals surface area contributed by atoms with E-state index in [1.807, 2.05) is 25.3 Å². The monoisotopic (exact) mass is 165 g/mol. The van der Waals surface area contributed by atoms with Gasteiger partial charge in [0, 0.05) is 6.54 Å². The topological polar surface area (TPSA) is 12.4 Å². The third-order valence-electron chi connectivity index (χ3n) is 1.48. The minimum Gasteiger partial charge on any atom is -0.298 e. The summed E-state index contributed by atoms with van der Waals surface area (Å²) in [4.78, 5) is 4.23. The van der Waals surface area contributed by atoms with Crippen molar-refractivity contribution in [2.75, 3.05) is 6.54 Å². The third kappa shape index (κ3) is 7.26. The largest absolute Gasteiger partial charge is 0.298 e. The summed E-state index contributed by atoms with van der Waals surface area (Å²) in [6.07, 6.45) is 9.24. The fourth-order valence-electron chi connectivity index (χ4n) is 0.881. The summed E-state index contributed by atoms with van der Waals surface area (Å²) in [7, 11) is 0. The van der Waals surface area contributed by atoms with Gasteiger partial charge in [-0.15, -0.1) is 0 Å². The number of hydrogen-bond acceptors (Lipinski definition) is 1. The van der Waals surface area contributed by atoms with Gasteiger partial charge in [0.05, 0.1) is 0 Å². The summed E-state index contributed by atoms with van der Waals surface area (Å²) in [5, 5.41) is 0. The van der Waals surface area contributed by atoms with Gasteiger partial charge in [0.1, 0.15) is 0 Å². The van der Waals surface area contributed by atoms with Crippen molar-refractivity contribution in [3.05, 3.63) is 24.3 Å². The van der Waals surface area contributed by atoms with Crippen LogP contribution >= 0.6 is 0 Å². The molecule has 0 atom stereocenters. The van der Waals surface area contributed by atoms with Gasteiger partial charge in [0.2, 0.25) is 0 Å². The van der Waals surface area contributed by atoms with Crippen molar-refractivity contribution >= 4 is 6.21 Å². The van der Waals surface area contributed by atoms with Crippen molar-refractivity contribution in [3.63, 3.8) is 0 Å². The third-order valence-corrected chi connectivity index (χ3v) is 1.48. The van der Waals surface area contributed by atoms with Crippen molar-refractivity contribution in [3.8, 4) is 0 Å². The summed E-state index contributed by atoms with van der Waals surface area (Å²) in [5.41, 5.74) is 1.18. The zero-order valence-electron chi connectivity index (χ0n) is 8.21. The molecule has 0 aromatic heterocycles. The van der Waals surface area contributed by atoms with Crippen molar-refractivity contribution in [2.45, 2.75) is 33.1 Å². The molecule has 1 heteroatoms. The van der Waals surface area contributed by atoms with E-state index in [2.05, 4.69) is 18.5 Å². The summed E-state index contributed by atoms with van der Waals surface area (Å²) < 4.78 is 0. The lowest BCUT2D eigenvalue weighted by molar-refractivity contribution is 0.927. The highest BCUT2D eigenvalue weighted by Crippen LogP contribution is 2.01. The van der Waals surface area contributed by atoms with Gasteiger partial charge in [-0.2, -0.15) is 0 Å². The van der Waals surface area contributed by atoms with Crippen LogP contribution < -0.4 is 0 Å². The van der Waals surface area contributed by atoms with Crippen LogP contribution in [-0.2, 0) is 0 Å². The molecule has 0 aliphatic carbocycles. The van der Waals surface area contributed by atoms with Crippen LogP contribution in [0.3, 0.4) is 0 Å². The number of aliphatic imine (C=N–C) groups is 1. The minimum atomic E-state index is 0.954. The van der Waals surface area contributed by atoms with E-state index >= 15 is 0 Å². The molecule has 12 heavy (non-hydrogen) atoms. The number of allylic oxidation sites excluding steroid dienone is 3.